The van der Waals surface area contributed by atoms with Crippen LogP contribution in [0.5, 0.6) is 5.75 Å². The summed E-state index contributed by atoms with van der Waals surface area (Å²) < 4.78 is 48.1. The minimum absolute atomic E-state index is 0.169. The van der Waals surface area contributed by atoms with E-state index in [0.717, 1.165) is 17.4 Å². The number of ether oxygens (including phenoxy) is 1. The van der Waals surface area contributed by atoms with Gasteiger partial charge in [-0.3, -0.25) is 0 Å². The number of sulfonamides is 1. The molecule has 0 saturated carbocycles. The molecule has 0 fully saturated rings. The summed E-state index contributed by atoms with van der Waals surface area (Å²) in [4.78, 5) is -0.197. The summed E-state index contributed by atoms with van der Waals surface area (Å²) in [5, 5.41) is 5.13. The van der Waals surface area contributed by atoms with Gasteiger partial charge in [-0.2, -0.15) is 9.82 Å². The van der Waals surface area contributed by atoms with Crippen LogP contribution in [0.1, 0.15) is 36.6 Å². The summed E-state index contributed by atoms with van der Waals surface area (Å²) in [6, 6.07) is 16.2. The second kappa shape index (κ2) is 10.3. The summed E-state index contributed by atoms with van der Waals surface area (Å²) in [7, 11) is -4.10. The van der Waals surface area contributed by atoms with Gasteiger partial charge in [0.15, 0.2) is 0 Å². The highest BCUT2D eigenvalue weighted by atomic mass is 35.5. The van der Waals surface area contributed by atoms with E-state index in [4.69, 9.17) is 27.9 Å². The Labute approximate surface area is 207 Å². The Hall–Kier alpha value is -2.65. The predicted molar refractivity (Wildman–Crippen MR) is 131 cm³/mol. The first-order chi connectivity index (χ1) is 16.3. The minimum Gasteiger partial charge on any atom is -0.494 e. The SMILES string of the molecule is CCOc1ccc(C2CC(C(NS(=O)(=O)c3cccc(F)c3)c3ccc(Cl)cc3Cl)=NN2)cc1. The molecule has 2 N–H and O–H groups in total. The van der Waals surface area contributed by atoms with Crippen molar-refractivity contribution in [1.29, 1.82) is 0 Å². The Morgan fingerprint density at radius 2 is 1.91 bits per heavy atom. The van der Waals surface area contributed by atoms with Crippen molar-refractivity contribution in [1.82, 2.24) is 10.1 Å². The highest BCUT2D eigenvalue weighted by Crippen LogP contribution is 2.33. The van der Waals surface area contributed by atoms with Crippen LogP contribution in [-0.4, -0.2) is 20.7 Å². The van der Waals surface area contributed by atoms with E-state index < -0.39 is 21.9 Å². The van der Waals surface area contributed by atoms with Crippen LogP contribution in [0.25, 0.3) is 0 Å². The number of nitrogens with zero attached hydrogens (tertiary/aromatic N) is 1. The van der Waals surface area contributed by atoms with Crippen LogP contribution < -0.4 is 14.9 Å². The number of rotatable bonds is 8. The third kappa shape index (κ3) is 5.52. The molecule has 34 heavy (non-hydrogen) atoms. The monoisotopic (exact) mass is 521 g/mol. The van der Waals surface area contributed by atoms with E-state index in [2.05, 4.69) is 15.2 Å². The first kappa shape index (κ1) is 24.5. The fourth-order valence-corrected chi connectivity index (χ4v) is 5.46. The number of hydrogen-bond donors (Lipinski definition) is 2. The van der Waals surface area contributed by atoms with E-state index in [1.807, 2.05) is 31.2 Å². The standard InChI is InChI=1S/C24H22Cl2FN3O3S/c1-2-33-18-9-6-15(7-10-18)22-14-23(29-28-22)24(20-11-8-16(25)12-21(20)26)30-34(31,32)19-5-3-4-17(27)13-19/h3-13,22,24,28,30H,2,14H2,1H3. The summed E-state index contributed by atoms with van der Waals surface area (Å²) in [5.74, 6) is 0.110. The number of hydrazone groups is 1. The van der Waals surface area contributed by atoms with Crippen LogP contribution in [-0.2, 0) is 10.0 Å². The first-order valence-electron chi connectivity index (χ1n) is 10.5. The Bertz CT molecular complexity index is 1320. The zero-order chi connectivity index (χ0) is 24.3. The van der Waals surface area contributed by atoms with Crippen LogP contribution >= 0.6 is 23.2 Å². The van der Waals surface area contributed by atoms with E-state index in [9.17, 15) is 12.8 Å². The smallest absolute Gasteiger partial charge is 0.241 e. The molecule has 0 radical (unpaired) electrons. The second-order valence-electron chi connectivity index (χ2n) is 7.67. The van der Waals surface area contributed by atoms with E-state index >= 15 is 0 Å². The van der Waals surface area contributed by atoms with Crippen LogP contribution in [0.3, 0.4) is 0 Å². The van der Waals surface area contributed by atoms with Gasteiger partial charge in [0.1, 0.15) is 11.6 Å². The third-order valence-electron chi connectivity index (χ3n) is 5.36. The van der Waals surface area contributed by atoms with Crippen LogP contribution in [0.4, 0.5) is 4.39 Å². The molecule has 178 valence electrons. The Balaban J connectivity index is 1.64. The molecule has 3 aromatic carbocycles. The topological polar surface area (TPSA) is 79.8 Å². The van der Waals surface area contributed by atoms with Crippen molar-refractivity contribution in [2.24, 2.45) is 5.10 Å². The molecule has 2 unspecified atom stereocenters. The number of hydrogen-bond acceptors (Lipinski definition) is 5. The van der Waals surface area contributed by atoms with E-state index in [-0.39, 0.29) is 16.0 Å². The van der Waals surface area contributed by atoms with E-state index in [1.54, 1.807) is 12.1 Å². The molecule has 0 saturated heterocycles. The maximum atomic E-state index is 13.7. The van der Waals surface area contributed by atoms with Gasteiger partial charge >= 0.3 is 0 Å². The summed E-state index contributed by atoms with van der Waals surface area (Å²) in [5.41, 5.74) is 5.06. The molecule has 0 aromatic heterocycles. The molecule has 3 aromatic rings. The molecule has 1 aliphatic rings. The second-order valence-corrected chi connectivity index (χ2v) is 10.2. The minimum atomic E-state index is -4.10. The zero-order valence-corrected chi connectivity index (χ0v) is 20.5. The lowest BCUT2D eigenvalue weighted by atomic mass is 9.96. The summed E-state index contributed by atoms with van der Waals surface area (Å²) >= 11 is 12.5. The highest BCUT2D eigenvalue weighted by molar-refractivity contribution is 7.89. The number of halogens is 3. The molecule has 1 heterocycles. The average Bonchev–Trinajstić information content (AvgIpc) is 3.29. The quantitative estimate of drug-likeness (QED) is 0.401. The van der Waals surface area contributed by atoms with Gasteiger partial charge in [-0.05, 0) is 60.5 Å². The molecule has 4 rings (SSSR count). The lowest BCUT2D eigenvalue weighted by Crippen LogP contribution is -2.33. The molecular formula is C24H22Cl2FN3O3S. The van der Waals surface area contributed by atoms with Gasteiger partial charge in [-0.1, -0.05) is 47.5 Å². The summed E-state index contributed by atoms with van der Waals surface area (Å²) in [6.07, 6.45) is 0.420. The Morgan fingerprint density at radius 3 is 2.59 bits per heavy atom. The van der Waals surface area contributed by atoms with Crippen molar-refractivity contribution in [3.05, 3.63) is 93.7 Å². The molecule has 1 aliphatic heterocycles. The largest absolute Gasteiger partial charge is 0.494 e. The van der Waals surface area contributed by atoms with Crippen LogP contribution in [0.2, 0.25) is 10.0 Å². The van der Waals surface area contributed by atoms with Crippen molar-refractivity contribution in [3.63, 3.8) is 0 Å². The maximum absolute atomic E-state index is 13.7. The van der Waals surface area contributed by atoms with E-state index in [1.165, 1.54) is 24.3 Å². The fourth-order valence-electron chi connectivity index (χ4n) is 3.70. The van der Waals surface area contributed by atoms with Crippen molar-refractivity contribution in [3.8, 4) is 5.75 Å². The van der Waals surface area contributed by atoms with Gasteiger partial charge in [0.25, 0.3) is 0 Å². The molecule has 2 atom stereocenters. The highest BCUT2D eigenvalue weighted by Gasteiger charge is 2.32. The molecule has 0 aliphatic carbocycles. The molecule has 6 nitrogen and oxygen atoms in total. The van der Waals surface area contributed by atoms with Crippen molar-refractivity contribution >= 4 is 38.9 Å². The molecule has 0 spiro atoms. The Kier molecular flexibility index (Phi) is 7.42. The lowest BCUT2D eigenvalue weighted by molar-refractivity contribution is 0.340. The normalized spacial score (nSPS) is 16.6. The van der Waals surface area contributed by atoms with Gasteiger partial charge in [0, 0.05) is 16.5 Å². The average molecular weight is 522 g/mol. The van der Waals surface area contributed by atoms with Gasteiger partial charge in [0.05, 0.1) is 29.3 Å². The van der Waals surface area contributed by atoms with Crippen molar-refractivity contribution in [2.75, 3.05) is 6.61 Å². The van der Waals surface area contributed by atoms with Gasteiger partial charge < -0.3 is 10.2 Å². The van der Waals surface area contributed by atoms with Crippen LogP contribution in [0, 0.1) is 5.82 Å². The molecule has 0 bridgehead atoms. The summed E-state index contributed by atoms with van der Waals surface area (Å²) in [6.45, 7) is 2.49. The van der Waals surface area contributed by atoms with E-state index in [0.29, 0.717) is 29.3 Å². The predicted octanol–water partition coefficient (Wildman–Crippen LogP) is 5.64. The van der Waals surface area contributed by atoms with Crippen molar-refractivity contribution in [2.45, 2.75) is 30.3 Å². The molecule has 0 amide bonds. The van der Waals surface area contributed by atoms with Gasteiger partial charge in [-0.15, -0.1) is 0 Å². The van der Waals surface area contributed by atoms with Gasteiger partial charge in [-0.25, -0.2) is 12.8 Å². The fraction of sp³-hybridized carbons (Fsp3) is 0.208. The maximum Gasteiger partial charge on any atom is 0.241 e. The van der Waals surface area contributed by atoms with Crippen molar-refractivity contribution < 1.29 is 17.5 Å². The molecule has 10 heteroatoms. The number of benzene rings is 3. The lowest BCUT2D eigenvalue weighted by Gasteiger charge is -2.21. The zero-order valence-electron chi connectivity index (χ0n) is 18.1. The third-order valence-corrected chi connectivity index (χ3v) is 7.34. The number of nitrogens with one attached hydrogen (secondary N) is 2. The first-order valence-corrected chi connectivity index (χ1v) is 12.8. The Morgan fingerprint density at radius 1 is 1.15 bits per heavy atom. The molecular weight excluding hydrogens is 500 g/mol. The van der Waals surface area contributed by atoms with Gasteiger partial charge in [0.2, 0.25) is 10.0 Å². The van der Waals surface area contributed by atoms with Crippen LogP contribution in [0.15, 0.2) is 76.7 Å².